The summed E-state index contributed by atoms with van der Waals surface area (Å²) in [6.45, 7) is 9.25. The molecule has 0 fully saturated rings. The molecule has 0 aliphatic carbocycles. The molecule has 0 saturated carbocycles. The van der Waals surface area contributed by atoms with Crippen molar-refractivity contribution in [3.05, 3.63) is 127 Å². The predicted octanol–water partition coefficient (Wildman–Crippen LogP) is 30.7. The summed E-state index contributed by atoms with van der Waals surface area (Å²) in [6, 6.07) is 18.0. The molecule has 0 amide bonds. The van der Waals surface area contributed by atoms with Crippen LogP contribution >= 0.6 is 0 Å². The molecule has 0 spiro atoms. The van der Waals surface area contributed by atoms with E-state index in [9.17, 15) is 5.53 Å². The first-order chi connectivity index (χ1) is 42.7. The Labute approximate surface area is 568 Å². The van der Waals surface area contributed by atoms with E-state index >= 15 is 0 Å². The topological polar surface area (TPSA) is 25.3 Å². The third-order valence-electron chi connectivity index (χ3n) is 19.4. The largest absolute Gasteiger partial charge is 2.00 e. The molecular formula is C86H150N2Ni. The monoisotopic (exact) mass is 1270 g/mol. The number of nitrogens with zero attached hydrogens (tertiary/aromatic N) is 2. The molecule has 0 aromatic heterocycles. The van der Waals surface area contributed by atoms with E-state index in [1.165, 1.54) is 367 Å². The average Bonchev–Trinajstić information content (AvgIpc) is 1.63. The molecule has 3 heteroatoms. The van der Waals surface area contributed by atoms with Crippen molar-refractivity contribution in [2.24, 2.45) is 0 Å². The number of aryl methyl sites for hydroxylation is 2. The van der Waals surface area contributed by atoms with Gasteiger partial charge in [0.2, 0.25) is 11.4 Å². The molecule has 3 rings (SSSR count). The van der Waals surface area contributed by atoms with Gasteiger partial charge in [-0.2, -0.15) is 0 Å². The van der Waals surface area contributed by atoms with Gasteiger partial charge in [0.25, 0.3) is 0 Å². The number of benzene rings is 2. The molecule has 0 radical (unpaired) electrons. The van der Waals surface area contributed by atoms with Crippen molar-refractivity contribution in [3.63, 3.8) is 0 Å². The molecule has 2 nitrogen and oxygen atoms in total. The summed E-state index contributed by atoms with van der Waals surface area (Å²) in [4.78, 5) is 0. The predicted molar refractivity (Wildman–Crippen MR) is 399 cm³/mol. The van der Waals surface area contributed by atoms with Crippen LogP contribution in [0.15, 0.2) is 84.0 Å². The molecule has 0 N–H and O–H groups in total. The van der Waals surface area contributed by atoms with Gasteiger partial charge in [0.1, 0.15) is 0 Å². The summed E-state index contributed by atoms with van der Waals surface area (Å²) in [7, 11) is 0. The van der Waals surface area contributed by atoms with Crippen LogP contribution in [-0.2, 0) is 29.3 Å². The molecule has 2 aromatic carbocycles. The summed E-state index contributed by atoms with van der Waals surface area (Å²) in [5, 5.41) is 0. The molecule has 1 aliphatic rings. The van der Waals surface area contributed by atoms with Gasteiger partial charge >= 0.3 is 16.5 Å². The smallest absolute Gasteiger partial charge is 0.493 e. The van der Waals surface area contributed by atoms with E-state index in [0.29, 0.717) is 0 Å². The van der Waals surface area contributed by atoms with Gasteiger partial charge in [-0.3, -0.25) is 0 Å². The van der Waals surface area contributed by atoms with Crippen LogP contribution in [-0.4, -0.2) is 4.70 Å². The molecule has 89 heavy (non-hydrogen) atoms. The van der Waals surface area contributed by atoms with Crippen molar-refractivity contribution >= 4 is 11.4 Å². The minimum Gasteiger partial charge on any atom is -0.493 e. The van der Waals surface area contributed by atoms with Crippen LogP contribution in [0.1, 0.15) is 422 Å². The Morgan fingerprint density at radius 2 is 0.461 bits per heavy atom. The van der Waals surface area contributed by atoms with Crippen LogP contribution < -0.4 is 0 Å². The maximum atomic E-state index is 12.7. The fourth-order valence-corrected chi connectivity index (χ4v) is 13.8. The molecule has 0 bridgehead atoms. The van der Waals surface area contributed by atoms with E-state index in [2.05, 4.69) is 101 Å². The maximum absolute atomic E-state index is 12.7. The number of hydrogen-bond donors (Lipinski definition) is 0. The van der Waals surface area contributed by atoms with Crippen LogP contribution in [0.5, 0.6) is 0 Å². The van der Waals surface area contributed by atoms with Crippen molar-refractivity contribution in [2.75, 3.05) is 0 Å². The second-order valence-corrected chi connectivity index (χ2v) is 27.3. The van der Waals surface area contributed by atoms with Gasteiger partial charge in [-0.05, 0) is 100 Å². The van der Waals surface area contributed by atoms with Gasteiger partial charge in [-0.25, -0.2) is 4.70 Å². The number of unbranched alkanes of at least 4 members (excludes halogenated alkanes) is 50. The third-order valence-corrected chi connectivity index (χ3v) is 19.4. The molecule has 1 heterocycles. The number of rotatable bonds is 64. The molecule has 0 unspecified atom stereocenters. The Bertz CT molecular complexity index is 1840. The minimum atomic E-state index is 0. The van der Waals surface area contributed by atoms with E-state index in [0.717, 1.165) is 62.8 Å². The SMILES string of the molecule is CCCCCCCCCCCCCCCCCCCCCCCCCC=CCCc1ccccc1C1=C(CCCCC)C(CCCCC)=C(c2ccccc2CCC=CCCCCCCCCCCCCCCCCCCCCCCCCC)[N+]1=[N-].[CH3-].[CH3-].[Ni+2]. The number of hydrogen-bond acceptors (Lipinski definition) is 0. The molecule has 514 valence electrons. The van der Waals surface area contributed by atoms with E-state index in [1.807, 2.05) is 0 Å². The van der Waals surface area contributed by atoms with Crippen molar-refractivity contribution in [1.82, 2.24) is 0 Å². The Morgan fingerprint density at radius 1 is 0.258 bits per heavy atom. The second-order valence-electron chi connectivity index (χ2n) is 27.3. The standard InChI is InChI=1S/C84H144N2.2CH3.Ni/c1-5-9-13-15-17-19-21-23-25-27-29-31-33-35-37-39-41-43-45-47-49-51-53-55-57-59-63-69-77-71-65-67-73-79(77)83-81(75-61-11-7-3)82(76-62-12-8-4)84(86(83)85)80-74-68-66-72-78(80)70-64-60-58-56-54-52-50-48-46-44-42-40-38-36-34-32-30-28-26-24-22-20-18-16-14-10-6-2;;;/h57-60,65-68,71-74H,5-56,61-64,69-70,75-76H2,1-4H3;2*1H3;/q;2*-1;+2. The zero-order chi connectivity index (χ0) is 61.1. The molecular weight excluding hydrogens is 1120 g/mol. The van der Waals surface area contributed by atoms with E-state index in [1.54, 1.807) is 4.70 Å². The van der Waals surface area contributed by atoms with Crippen LogP contribution in [0.4, 0.5) is 0 Å². The van der Waals surface area contributed by atoms with E-state index in [4.69, 9.17) is 0 Å². The normalized spacial score (nSPS) is 12.5. The van der Waals surface area contributed by atoms with Crippen molar-refractivity contribution in [2.45, 2.75) is 413 Å². The number of allylic oxidation sites excluding steroid dienone is 6. The van der Waals surface area contributed by atoms with Crippen molar-refractivity contribution in [1.29, 1.82) is 0 Å². The molecule has 2 aromatic rings. The summed E-state index contributed by atoms with van der Waals surface area (Å²) in [6.07, 6.45) is 91.6. The van der Waals surface area contributed by atoms with Gasteiger partial charge in [-0.15, -0.1) is 0 Å². The Morgan fingerprint density at radius 3 is 0.708 bits per heavy atom. The van der Waals surface area contributed by atoms with Gasteiger partial charge in [0, 0.05) is 22.3 Å². The minimum absolute atomic E-state index is 0. The van der Waals surface area contributed by atoms with E-state index in [-0.39, 0.29) is 31.3 Å². The van der Waals surface area contributed by atoms with Crippen LogP contribution in [0, 0.1) is 14.9 Å². The van der Waals surface area contributed by atoms with Crippen LogP contribution in [0.25, 0.3) is 16.9 Å². The zero-order valence-corrected chi connectivity index (χ0v) is 61.6. The van der Waals surface area contributed by atoms with Crippen molar-refractivity contribution < 1.29 is 21.2 Å². The van der Waals surface area contributed by atoms with Gasteiger partial charge < -0.3 is 20.4 Å². The van der Waals surface area contributed by atoms with E-state index < -0.39 is 0 Å². The van der Waals surface area contributed by atoms with Gasteiger partial charge in [0.15, 0.2) is 0 Å². The summed E-state index contributed by atoms with van der Waals surface area (Å²) in [5.74, 6) is 0. The molecule has 0 atom stereocenters. The summed E-state index contributed by atoms with van der Waals surface area (Å²) < 4.78 is 1.66. The fraction of sp³-hybridized carbons (Fsp3) is 0.744. The van der Waals surface area contributed by atoms with Crippen LogP contribution in [0.2, 0.25) is 0 Å². The molecule has 1 aliphatic heterocycles. The van der Waals surface area contributed by atoms with Gasteiger partial charge in [0.05, 0.1) is 0 Å². The summed E-state index contributed by atoms with van der Waals surface area (Å²) in [5.41, 5.74) is 22.7. The second kappa shape index (κ2) is 65.6. The quantitative estimate of drug-likeness (QED) is 0.0207. The van der Waals surface area contributed by atoms with Crippen molar-refractivity contribution in [3.8, 4) is 0 Å². The van der Waals surface area contributed by atoms with Gasteiger partial charge in [-0.1, -0.05) is 397 Å². The Balaban J connectivity index is 0.0000258. The van der Waals surface area contributed by atoms with Crippen LogP contribution in [0.3, 0.4) is 0 Å². The molecule has 0 saturated heterocycles. The first-order valence-electron chi connectivity index (χ1n) is 39.1. The Hall–Kier alpha value is -2.51. The average molecular weight is 1270 g/mol. The Kier molecular flexibility index (Phi) is 63.7. The summed E-state index contributed by atoms with van der Waals surface area (Å²) >= 11 is 0. The zero-order valence-electron chi connectivity index (χ0n) is 60.6. The first-order valence-corrected chi connectivity index (χ1v) is 39.1. The maximum Gasteiger partial charge on any atom is 2.00 e. The third kappa shape index (κ3) is 44.7. The fourth-order valence-electron chi connectivity index (χ4n) is 13.8. The first kappa shape index (κ1) is 86.5.